The zero-order chi connectivity index (χ0) is 23.6. The molecule has 0 fully saturated rings. The van der Waals surface area contributed by atoms with Gasteiger partial charge < -0.3 is 4.74 Å². The third-order valence-corrected chi connectivity index (χ3v) is 6.97. The summed E-state index contributed by atoms with van der Waals surface area (Å²) in [5.41, 5.74) is 1.53. The van der Waals surface area contributed by atoms with Crippen molar-refractivity contribution in [3.8, 4) is 0 Å². The normalized spacial score (nSPS) is 22.3. The van der Waals surface area contributed by atoms with Crippen molar-refractivity contribution in [3.63, 3.8) is 0 Å². The number of nitro benzene ring substituents is 1. The zero-order valence-corrected chi connectivity index (χ0v) is 20.2. The van der Waals surface area contributed by atoms with Crippen molar-refractivity contribution in [2.75, 3.05) is 18.1 Å². The van der Waals surface area contributed by atoms with Gasteiger partial charge in [-0.2, -0.15) is 11.8 Å². The summed E-state index contributed by atoms with van der Waals surface area (Å²) in [5, 5.41) is 11.7. The summed E-state index contributed by atoms with van der Waals surface area (Å²) in [5.74, 6) is -0.684. The first-order chi connectivity index (χ1) is 15.1. The number of hydrogen-bond donors (Lipinski definition) is 0. The number of ether oxygens (including phenoxy) is 1. The van der Waals surface area contributed by atoms with E-state index in [0.29, 0.717) is 41.1 Å². The number of benzene rings is 1. The van der Waals surface area contributed by atoms with E-state index in [1.807, 2.05) is 20.8 Å². The molecule has 0 aromatic heterocycles. The van der Waals surface area contributed by atoms with Crippen LogP contribution in [0.1, 0.15) is 52.0 Å². The fraction of sp³-hybridized carbons (Fsp3) is 0.522. The van der Waals surface area contributed by atoms with E-state index in [9.17, 15) is 19.7 Å². The van der Waals surface area contributed by atoms with Gasteiger partial charge in [-0.25, -0.2) is 0 Å². The molecule has 1 unspecified atom stereocenters. The van der Waals surface area contributed by atoms with Crippen LogP contribution in [0.3, 0.4) is 0 Å². The van der Waals surface area contributed by atoms with Crippen LogP contribution in [0, 0.1) is 21.4 Å². The van der Waals surface area contributed by atoms with Crippen LogP contribution < -0.4 is 0 Å². The number of aliphatic imine (C=N–C) groups is 1. The molecule has 3 rings (SSSR count). The van der Waals surface area contributed by atoms with Gasteiger partial charge >= 0.3 is 5.97 Å². The summed E-state index contributed by atoms with van der Waals surface area (Å²) >= 11 is 8.13. The number of nitrogens with zero attached hydrogens (tertiary/aromatic N) is 2. The van der Waals surface area contributed by atoms with Gasteiger partial charge in [0.05, 0.1) is 4.92 Å². The largest absolute Gasteiger partial charge is 0.464 e. The summed E-state index contributed by atoms with van der Waals surface area (Å²) in [6, 6.07) is 4.11. The maximum Gasteiger partial charge on any atom is 0.315 e. The number of non-ortho nitro benzene ring substituents is 1. The van der Waals surface area contributed by atoms with E-state index in [0.717, 1.165) is 5.75 Å². The van der Waals surface area contributed by atoms with E-state index in [4.69, 9.17) is 16.3 Å². The summed E-state index contributed by atoms with van der Waals surface area (Å²) in [6.07, 6.45) is 0.877. The molecular formula is C23H27ClN2O5S. The van der Waals surface area contributed by atoms with Crippen molar-refractivity contribution < 1.29 is 19.2 Å². The van der Waals surface area contributed by atoms with Gasteiger partial charge in [0.1, 0.15) is 12.5 Å². The zero-order valence-electron chi connectivity index (χ0n) is 18.6. The molecule has 0 saturated carbocycles. The standard InChI is InChI=1S/C23H27ClN2O5S/c1-5-32-9-8-31-22(28)19-13(2)25-17-11-23(3,4)12-18(27)21(17)20(19)15-10-14(26(29)30)6-7-16(15)24/h6-7,10,19-20H,5,8-9,11-12H2,1-4H3/t19?,20-/m1/s1. The van der Waals surface area contributed by atoms with Crippen molar-refractivity contribution in [3.05, 3.63) is 50.2 Å². The van der Waals surface area contributed by atoms with Crippen molar-refractivity contribution in [2.45, 2.75) is 46.5 Å². The smallest absolute Gasteiger partial charge is 0.315 e. The summed E-state index contributed by atoms with van der Waals surface area (Å²) in [7, 11) is 0. The lowest BCUT2D eigenvalue weighted by molar-refractivity contribution is -0.384. The Morgan fingerprint density at radius 2 is 2.09 bits per heavy atom. The minimum atomic E-state index is -0.870. The highest BCUT2D eigenvalue weighted by atomic mass is 35.5. The lowest BCUT2D eigenvalue weighted by Gasteiger charge is -2.39. The van der Waals surface area contributed by atoms with Crippen molar-refractivity contribution >= 4 is 46.5 Å². The number of hydrogen-bond acceptors (Lipinski definition) is 7. The number of rotatable bonds is 7. The second-order valence-electron chi connectivity index (χ2n) is 8.84. The number of esters is 1. The molecule has 1 aliphatic heterocycles. The molecule has 7 nitrogen and oxygen atoms in total. The van der Waals surface area contributed by atoms with Crippen LogP contribution in [0.4, 0.5) is 5.69 Å². The number of thioether (sulfide) groups is 1. The van der Waals surface area contributed by atoms with Gasteiger partial charge in [0, 0.05) is 52.2 Å². The Morgan fingerprint density at radius 1 is 1.38 bits per heavy atom. The molecule has 0 bridgehead atoms. The molecule has 32 heavy (non-hydrogen) atoms. The number of Topliss-reactive ketones (excluding diaryl/α,β-unsaturated/α-hetero) is 1. The van der Waals surface area contributed by atoms with E-state index in [-0.39, 0.29) is 28.5 Å². The van der Waals surface area contributed by atoms with Gasteiger partial charge in [0.25, 0.3) is 5.69 Å². The molecule has 0 N–H and O–H groups in total. The van der Waals surface area contributed by atoms with Crippen LogP contribution in [0.25, 0.3) is 0 Å². The topological polar surface area (TPSA) is 98.9 Å². The molecule has 0 radical (unpaired) electrons. The number of ketones is 1. The van der Waals surface area contributed by atoms with Crippen LogP contribution in [0.15, 0.2) is 34.5 Å². The molecule has 2 atom stereocenters. The van der Waals surface area contributed by atoms with Crippen molar-refractivity contribution in [2.24, 2.45) is 16.3 Å². The minimum absolute atomic E-state index is 0.112. The predicted molar refractivity (Wildman–Crippen MR) is 126 cm³/mol. The molecule has 172 valence electrons. The van der Waals surface area contributed by atoms with Crippen molar-refractivity contribution in [1.82, 2.24) is 0 Å². The lowest BCUT2D eigenvalue weighted by atomic mass is 9.67. The molecule has 1 heterocycles. The number of allylic oxidation sites excluding steroid dienone is 2. The van der Waals surface area contributed by atoms with E-state index in [1.54, 1.807) is 18.7 Å². The SMILES string of the molecule is CCSCCOC(=O)C1C(C)=NC2=C(C(=O)CC(C)(C)C2)[C@@H]1c1cc([N+](=O)[O-])ccc1Cl. The Hall–Kier alpha value is -2.19. The quantitative estimate of drug-likeness (QED) is 0.226. The number of halogens is 1. The molecule has 1 aromatic carbocycles. The Balaban J connectivity index is 2.12. The molecule has 1 aromatic rings. The van der Waals surface area contributed by atoms with Gasteiger partial charge in [-0.05, 0) is 36.1 Å². The molecule has 9 heteroatoms. The van der Waals surface area contributed by atoms with Crippen LogP contribution >= 0.6 is 23.4 Å². The number of carbonyl (C=O) groups excluding carboxylic acids is 2. The third kappa shape index (κ3) is 5.07. The summed E-state index contributed by atoms with van der Waals surface area (Å²) in [4.78, 5) is 42.0. The first kappa shape index (κ1) is 24.5. The van der Waals surface area contributed by atoms with Crippen LogP contribution in [0.2, 0.25) is 5.02 Å². The maximum atomic E-state index is 13.3. The molecule has 0 saturated heterocycles. The van der Waals surface area contributed by atoms with Crippen LogP contribution in [-0.4, -0.2) is 40.5 Å². The fourth-order valence-electron chi connectivity index (χ4n) is 4.40. The first-order valence-corrected chi connectivity index (χ1v) is 12.1. The van der Waals surface area contributed by atoms with Gasteiger partial charge in [0.15, 0.2) is 5.78 Å². The fourth-order valence-corrected chi connectivity index (χ4v) is 5.13. The minimum Gasteiger partial charge on any atom is -0.464 e. The monoisotopic (exact) mass is 478 g/mol. The average molecular weight is 479 g/mol. The Labute approximate surface area is 196 Å². The van der Waals surface area contributed by atoms with Gasteiger partial charge in [-0.3, -0.25) is 24.7 Å². The van der Waals surface area contributed by atoms with Gasteiger partial charge in [0.2, 0.25) is 0 Å². The van der Waals surface area contributed by atoms with E-state index < -0.39 is 22.7 Å². The predicted octanol–water partition coefficient (Wildman–Crippen LogP) is 5.36. The Kier molecular flexibility index (Phi) is 7.45. The Bertz CT molecular complexity index is 1020. The second kappa shape index (κ2) is 9.75. The lowest BCUT2D eigenvalue weighted by Crippen LogP contribution is -2.39. The maximum absolute atomic E-state index is 13.3. The first-order valence-electron chi connectivity index (χ1n) is 10.6. The highest BCUT2D eigenvalue weighted by Crippen LogP contribution is 2.49. The molecule has 2 aliphatic rings. The molecular weight excluding hydrogens is 452 g/mol. The van der Waals surface area contributed by atoms with E-state index in [1.165, 1.54) is 18.2 Å². The van der Waals surface area contributed by atoms with Crippen LogP contribution in [-0.2, 0) is 14.3 Å². The molecule has 1 aliphatic carbocycles. The average Bonchev–Trinajstić information content (AvgIpc) is 2.69. The van der Waals surface area contributed by atoms with Crippen molar-refractivity contribution in [1.29, 1.82) is 0 Å². The van der Waals surface area contributed by atoms with Crippen LogP contribution in [0.5, 0.6) is 0 Å². The molecule has 0 amide bonds. The second-order valence-corrected chi connectivity index (χ2v) is 10.6. The van der Waals surface area contributed by atoms with E-state index >= 15 is 0 Å². The molecule has 0 spiro atoms. The highest BCUT2D eigenvalue weighted by Gasteiger charge is 2.46. The van der Waals surface area contributed by atoms with Gasteiger partial charge in [-0.1, -0.05) is 32.4 Å². The number of nitro groups is 1. The Morgan fingerprint density at radius 3 is 2.75 bits per heavy atom. The summed E-state index contributed by atoms with van der Waals surface area (Å²) in [6.45, 7) is 8.00. The van der Waals surface area contributed by atoms with Gasteiger partial charge in [-0.15, -0.1) is 0 Å². The summed E-state index contributed by atoms with van der Waals surface area (Å²) < 4.78 is 5.53. The highest BCUT2D eigenvalue weighted by molar-refractivity contribution is 7.99. The third-order valence-electron chi connectivity index (χ3n) is 5.76. The number of carbonyl (C=O) groups is 2. The van der Waals surface area contributed by atoms with E-state index in [2.05, 4.69) is 4.99 Å².